The van der Waals surface area contributed by atoms with Gasteiger partial charge in [-0.25, -0.2) is 5.43 Å². The average molecular weight is 405 g/mol. The van der Waals surface area contributed by atoms with Crippen molar-refractivity contribution in [2.45, 2.75) is 27.2 Å². The van der Waals surface area contributed by atoms with Crippen LogP contribution in [0.4, 0.5) is 0 Å². The summed E-state index contributed by atoms with van der Waals surface area (Å²) in [6.07, 6.45) is 1.77. The lowest BCUT2D eigenvalue weighted by molar-refractivity contribution is -0.120. The fourth-order valence-electron chi connectivity index (χ4n) is 2.25. The number of carbonyl (C=O) groups excluding carboxylic acids is 1. The molecule has 25 heavy (non-hydrogen) atoms. The van der Waals surface area contributed by atoms with Crippen LogP contribution in [-0.4, -0.2) is 23.8 Å². The highest BCUT2D eigenvalue weighted by Crippen LogP contribution is 2.35. The fourth-order valence-corrected chi connectivity index (χ4v) is 2.71. The molecule has 5 nitrogen and oxygen atoms in total. The van der Waals surface area contributed by atoms with Gasteiger partial charge in [-0.2, -0.15) is 5.10 Å². The first-order chi connectivity index (χ1) is 11.9. The predicted molar refractivity (Wildman–Crippen MR) is 102 cm³/mol. The fraction of sp³-hybridized carbons (Fsp3) is 0.263. The first-order valence-electron chi connectivity index (χ1n) is 7.94. The Kier molecular flexibility index (Phi) is 6.58. The molecule has 0 heterocycles. The Labute approximate surface area is 155 Å². The third kappa shape index (κ3) is 5.32. The minimum absolute atomic E-state index is 0.0396. The van der Waals surface area contributed by atoms with Crippen molar-refractivity contribution in [1.29, 1.82) is 0 Å². The van der Waals surface area contributed by atoms with Gasteiger partial charge in [-0.15, -0.1) is 0 Å². The zero-order valence-corrected chi connectivity index (χ0v) is 16.1. The molecule has 132 valence electrons. The van der Waals surface area contributed by atoms with Crippen LogP contribution in [0.3, 0.4) is 0 Å². The van der Waals surface area contributed by atoms with E-state index in [9.17, 15) is 9.90 Å². The second kappa shape index (κ2) is 8.67. The molecule has 2 aromatic rings. The quantitative estimate of drug-likeness (QED) is 0.566. The van der Waals surface area contributed by atoms with E-state index in [1.54, 1.807) is 12.1 Å². The lowest BCUT2D eigenvalue weighted by atomic mass is 10.0. The molecule has 0 bridgehead atoms. The molecule has 2 N–H and O–H groups in total. The number of phenols is 1. The number of halogens is 1. The summed E-state index contributed by atoms with van der Waals surface area (Å²) in [5.74, 6) is 0.208. The van der Waals surface area contributed by atoms with Gasteiger partial charge in [0.05, 0.1) is 23.7 Å². The zero-order valence-electron chi connectivity index (χ0n) is 14.5. The SMILES string of the molecule is CCOc1cc(/C=N\NC(=O)Cc2ccc(C)c(C)c2)cc(Br)c1O. The van der Waals surface area contributed by atoms with Crippen molar-refractivity contribution in [2.75, 3.05) is 6.61 Å². The van der Waals surface area contributed by atoms with E-state index in [-0.39, 0.29) is 18.1 Å². The van der Waals surface area contributed by atoms with Crippen LogP contribution in [-0.2, 0) is 11.2 Å². The van der Waals surface area contributed by atoms with E-state index < -0.39 is 0 Å². The van der Waals surface area contributed by atoms with Gasteiger partial charge < -0.3 is 9.84 Å². The van der Waals surface area contributed by atoms with Gasteiger partial charge in [0, 0.05) is 0 Å². The summed E-state index contributed by atoms with van der Waals surface area (Å²) in [5, 5.41) is 13.9. The minimum Gasteiger partial charge on any atom is -0.503 e. The van der Waals surface area contributed by atoms with Crippen LogP contribution in [0.5, 0.6) is 11.5 Å². The molecule has 2 aromatic carbocycles. The summed E-state index contributed by atoms with van der Waals surface area (Å²) >= 11 is 3.27. The maximum absolute atomic E-state index is 12.0. The normalized spacial score (nSPS) is 10.9. The number of ether oxygens (including phenoxy) is 1. The lowest BCUT2D eigenvalue weighted by Gasteiger charge is -2.08. The number of rotatable bonds is 6. The number of hydrogen-bond donors (Lipinski definition) is 2. The number of nitrogens with zero attached hydrogens (tertiary/aromatic N) is 1. The Morgan fingerprint density at radius 3 is 2.72 bits per heavy atom. The molecular formula is C19H21BrN2O3. The molecule has 0 aliphatic heterocycles. The maximum Gasteiger partial charge on any atom is 0.244 e. The van der Waals surface area contributed by atoms with Gasteiger partial charge in [0.2, 0.25) is 5.91 Å². The molecule has 0 aliphatic carbocycles. The van der Waals surface area contributed by atoms with Gasteiger partial charge in [0.15, 0.2) is 11.5 Å². The van der Waals surface area contributed by atoms with E-state index in [0.717, 1.165) is 11.1 Å². The molecule has 1 amide bonds. The molecule has 0 saturated heterocycles. The van der Waals surface area contributed by atoms with Crippen LogP contribution in [0, 0.1) is 13.8 Å². The molecule has 0 unspecified atom stereocenters. The smallest absolute Gasteiger partial charge is 0.244 e. The van der Waals surface area contributed by atoms with Crippen LogP contribution >= 0.6 is 15.9 Å². The Hall–Kier alpha value is -2.34. The van der Waals surface area contributed by atoms with Crippen molar-refractivity contribution in [1.82, 2.24) is 5.43 Å². The number of amides is 1. The van der Waals surface area contributed by atoms with E-state index in [2.05, 4.69) is 26.5 Å². The Bertz CT molecular complexity index is 803. The number of aromatic hydroxyl groups is 1. The minimum atomic E-state index is -0.192. The number of aryl methyl sites for hydroxylation is 2. The average Bonchev–Trinajstić information content (AvgIpc) is 2.56. The van der Waals surface area contributed by atoms with Gasteiger partial charge in [-0.1, -0.05) is 18.2 Å². The number of nitrogens with one attached hydrogen (secondary N) is 1. The van der Waals surface area contributed by atoms with Gasteiger partial charge in [0.1, 0.15) is 0 Å². The summed E-state index contributed by atoms with van der Waals surface area (Å²) in [6.45, 7) is 6.33. The van der Waals surface area contributed by atoms with Crippen LogP contribution < -0.4 is 10.2 Å². The van der Waals surface area contributed by atoms with Gasteiger partial charge in [-0.05, 0) is 71.1 Å². The maximum atomic E-state index is 12.0. The number of benzene rings is 2. The molecule has 0 aromatic heterocycles. The number of hydrazone groups is 1. The van der Waals surface area contributed by atoms with Crippen molar-refractivity contribution >= 4 is 28.1 Å². The highest BCUT2D eigenvalue weighted by atomic mass is 79.9. The largest absolute Gasteiger partial charge is 0.503 e. The summed E-state index contributed by atoms with van der Waals surface area (Å²) in [4.78, 5) is 12.0. The molecular weight excluding hydrogens is 384 g/mol. The molecule has 6 heteroatoms. The van der Waals surface area contributed by atoms with Gasteiger partial charge in [-0.3, -0.25) is 4.79 Å². The highest BCUT2D eigenvalue weighted by molar-refractivity contribution is 9.10. The predicted octanol–water partition coefficient (Wildman–Crippen LogP) is 3.86. The third-order valence-corrected chi connectivity index (χ3v) is 4.29. The molecule has 0 aliphatic rings. The number of carbonyl (C=O) groups is 1. The zero-order chi connectivity index (χ0) is 18.4. The summed E-state index contributed by atoms with van der Waals surface area (Å²) in [5.41, 5.74) is 6.51. The first kappa shape index (κ1) is 19.0. The Morgan fingerprint density at radius 2 is 2.04 bits per heavy atom. The third-order valence-electron chi connectivity index (χ3n) is 3.69. The van der Waals surface area contributed by atoms with Crippen LogP contribution in [0.2, 0.25) is 0 Å². The summed E-state index contributed by atoms with van der Waals surface area (Å²) in [6, 6.07) is 9.30. The van der Waals surface area contributed by atoms with Crippen molar-refractivity contribution in [3.8, 4) is 11.5 Å². The first-order valence-corrected chi connectivity index (χ1v) is 8.73. The van der Waals surface area contributed by atoms with E-state index in [1.807, 2.05) is 39.0 Å². The topological polar surface area (TPSA) is 70.9 Å². The van der Waals surface area contributed by atoms with Crippen molar-refractivity contribution < 1.29 is 14.6 Å². The van der Waals surface area contributed by atoms with E-state index in [0.29, 0.717) is 22.4 Å². The van der Waals surface area contributed by atoms with E-state index in [1.165, 1.54) is 11.8 Å². The van der Waals surface area contributed by atoms with Crippen molar-refractivity contribution in [2.24, 2.45) is 5.10 Å². The van der Waals surface area contributed by atoms with E-state index in [4.69, 9.17) is 4.74 Å². The second-order valence-corrected chi connectivity index (χ2v) is 6.53. The highest BCUT2D eigenvalue weighted by Gasteiger charge is 2.08. The standard InChI is InChI=1S/C19H21BrN2O3/c1-4-25-17-9-15(8-16(20)19(17)24)11-21-22-18(23)10-14-6-5-12(2)13(3)7-14/h5-9,11,24H,4,10H2,1-3H3,(H,22,23)/b21-11-. The van der Waals surface area contributed by atoms with Crippen molar-refractivity contribution in [3.63, 3.8) is 0 Å². The summed E-state index contributed by atoms with van der Waals surface area (Å²) < 4.78 is 5.86. The monoisotopic (exact) mass is 404 g/mol. The number of hydrogen-bond acceptors (Lipinski definition) is 4. The Balaban J connectivity index is 2.00. The van der Waals surface area contributed by atoms with Crippen LogP contribution in [0.25, 0.3) is 0 Å². The van der Waals surface area contributed by atoms with Crippen LogP contribution in [0.1, 0.15) is 29.2 Å². The van der Waals surface area contributed by atoms with Gasteiger partial charge >= 0.3 is 0 Å². The van der Waals surface area contributed by atoms with Gasteiger partial charge in [0.25, 0.3) is 0 Å². The lowest BCUT2D eigenvalue weighted by Crippen LogP contribution is -2.19. The number of phenolic OH excluding ortho intramolecular Hbond substituents is 1. The molecule has 2 rings (SSSR count). The molecule has 0 fully saturated rings. The summed E-state index contributed by atoms with van der Waals surface area (Å²) in [7, 11) is 0. The molecule has 0 spiro atoms. The molecule has 0 radical (unpaired) electrons. The molecule has 0 atom stereocenters. The van der Waals surface area contributed by atoms with Crippen LogP contribution in [0.15, 0.2) is 39.9 Å². The Morgan fingerprint density at radius 1 is 1.28 bits per heavy atom. The van der Waals surface area contributed by atoms with Crippen molar-refractivity contribution in [3.05, 3.63) is 57.1 Å². The second-order valence-electron chi connectivity index (χ2n) is 5.67. The van der Waals surface area contributed by atoms with E-state index >= 15 is 0 Å². The molecule has 0 saturated carbocycles.